The standard InChI is InChI=1S/C45H27N3S/c1-2-13-30(14-3-1)48-37-20-10-9-19-36(37)46-45(48)29-22-25-31(26-23-29)47-38-27-24-28-12-4-5-15-32(28)41(38)42-34-17-7-6-16-33(34)40-35-18-8-11-21-39(35)49-44(40)43(42)47/h1-27H. The second-order valence-corrected chi connectivity index (χ2v) is 13.8. The lowest BCUT2D eigenvalue weighted by Gasteiger charge is -2.12. The van der Waals surface area contributed by atoms with Crippen LogP contribution in [0, 0.1) is 0 Å². The summed E-state index contributed by atoms with van der Waals surface area (Å²) in [6.45, 7) is 0. The molecule has 0 atom stereocenters. The molecule has 0 bridgehead atoms. The molecule has 228 valence electrons. The van der Waals surface area contributed by atoms with Gasteiger partial charge in [-0.1, -0.05) is 103 Å². The minimum Gasteiger partial charge on any atom is -0.308 e. The molecule has 3 nitrogen and oxygen atoms in total. The summed E-state index contributed by atoms with van der Waals surface area (Å²) in [6, 6.07) is 59.1. The van der Waals surface area contributed by atoms with E-state index >= 15 is 0 Å². The van der Waals surface area contributed by atoms with Gasteiger partial charge in [0, 0.05) is 43.2 Å². The molecule has 0 radical (unpaired) electrons. The highest BCUT2D eigenvalue weighted by Crippen LogP contribution is 2.49. The highest BCUT2D eigenvalue weighted by molar-refractivity contribution is 7.27. The number of hydrogen-bond acceptors (Lipinski definition) is 2. The lowest BCUT2D eigenvalue weighted by Crippen LogP contribution is -1.98. The quantitative estimate of drug-likeness (QED) is 0.188. The van der Waals surface area contributed by atoms with Crippen molar-refractivity contribution in [3.8, 4) is 22.8 Å². The predicted octanol–water partition coefficient (Wildman–Crippen LogP) is 12.5. The van der Waals surface area contributed by atoms with E-state index in [0.717, 1.165) is 33.8 Å². The molecule has 0 saturated heterocycles. The number of nitrogens with zero attached hydrogens (tertiary/aromatic N) is 3. The molecule has 0 spiro atoms. The molecule has 0 saturated carbocycles. The third-order valence-corrected chi connectivity index (χ3v) is 11.3. The van der Waals surface area contributed by atoms with Crippen molar-refractivity contribution in [1.82, 2.24) is 14.1 Å². The van der Waals surface area contributed by atoms with E-state index in [1.807, 2.05) is 11.3 Å². The second-order valence-electron chi connectivity index (χ2n) is 12.7. The Balaban J connectivity index is 1.25. The van der Waals surface area contributed by atoms with Crippen molar-refractivity contribution in [2.24, 2.45) is 0 Å². The molecule has 8 aromatic carbocycles. The number of thiophene rings is 1. The minimum atomic E-state index is 0.935. The first-order valence-electron chi connectivity index (χ1n) is 16.6. The lowest BCUT2D eigenvalue weighted by atomic mass is 9.97. The lowest BCUT2D eigenvalue weighted by molar-refractivity contribution is 1.10. The van der Waals surface area contributed by atoms with Crippen LogP contribution in [0.3, 0.4) is 0 Å². The van der Waals surface area contributed by atoms with Gasteiger partial charge in [0.1, 0.15) is 5.82 Å². The van der Waals surface area contributed by atoms with E-state index in [1.165, 1.54) is 63.5 Å². The SMILES string of the molecule is c1ccc(-n2c(-c3ccc(-n4c5ccc6ccccc6c5c5c6ccccc6c6c7ccccc7sc6c54)cc3)nc3ccccc32)cc1. The molecule has 0 amide bonds. The summed E-state index contributed by atoms with van der Waals surface area (Å²) in [5, 5.41) is 10.4. The van der Waals surface area contributed by atoms with Crippen molar-refractivity contribution < 1.29 is 0 Å². The molecule has 0 aliphatic heterocycles. The van der Waals surface area contributed by atoms with Crippen LogP contribution in [0.5, 0.6) is 0 Å². The van der Waals surface area contributed by atoms with Crippen LogP contribution < -0.4 is 0 Å². The third kappa shape index (κ3) is 3.75. The fraction of sp³-hybridized carbons (Fsp3) is 0. The first kappa shape index (κ1) is 26.8. The van der Waals surface area contributed by atoms with E-state index < -0.39 is 0 Å². The molecule has 0 aliphatic rings. The van der Waals surface area contributed by atoms with Crippen molar-refractivity contribution in [3.05, 3.63) is 164 Å². The maximum atomic E-state index is 5.14. The molecule has 11 rings (SSSR count). The van der Waals surface area contributed by atoms with Gasteiger partial charge >= 0.3 is 0 Å². The summed E-state index contributed by atoms with van der Waals surface area (Å²) in [7, 11) is 0. The number of para-hydroxylation sites is 3. The van der Waals surface area contributed by atoms with E-state index in [0.29, 0.717) is 0 Å². The van der Waals surface area contributed by atoms with E-state index in [4.69, 9.17) is 4.98 Å². The van der Waals surface area contributed by atoms with E-state index in [9.17, 15) is 0 Å². The zero-order valence-corrected chi connectivity index (χ0v) is 27.2. The first-order chi connectivity index (χ1) is 24.3. The van der Waals surface area contributed by atoms with Gasteiger partial charge in [-0.2, -0.15) is 0 Å². The Morgan fingerprint density at radius 1 is 0.429 bits per heavy atom. The van der Waals surface area contributed by atoms with Gasteiger partial charge in [-0.15, -0.1) is 11.3 Å². The molecule has 0 N–H and O–H groups in total. The minimum absolute atomic E-state index is 0.935. The summed E-state index contributed by atoms with van der Waals surface area (Å²) in [5.74, 6) is 0.935. The van der Waals surface area contributed by atoms with Gasteiger partial charge < -0.3 is 4.57 Å². The molecule has 0 unspecified atom stereocenters. The van der Waals surface area contributed by atoms with Crippen LogP contribution >= 0.6 is 11.3 Å². The largest absolute Gasteiger partial charge is 0.308 e. The fourth-order valence-electron chi connectivity index (χ4n) is 8.02. The van der Waals surface area contributed by atoms with Gasteiger partial charge in [0.2, 0.25) is 0 Å². The Kier molecular flexibility index (Phi) is 5.54. The van der Waals surface area contributed by atoms with Crippen molar-refractivity contribution >= 4 is 85.9 Å². The Morgan fingerprint density at radius 2 is 1.08 bits per heavy atom. The van der Waals surface area contributed by atoms with Crippen LogP contribution in [0.4, 0.5) is 0 Å². The van der Waals surface area contributed by atoms with Gasteiger partial charge in [-0.3, -0.25) is 4.57 Å². The van der Waals surface area contributed by atoms with Crippen molar-refractivity contribution in [2.45, 2.75) is 0 Å². The highest BCUT2D eigenvalue weighted by atomic mass is 32.1. The Bertz CT molecular complexity index is 3090. The van der Waals surface area contributed by atoms with Crippen LogP contribution in [-0.4, -0.2) is 14.1 Å². The molecule has 0 fully saturated rings. The third-order valence-electron chi connectivity index (χ3n) is 10.1. The van der Waals surface area contributed by atoms with Gasteiger partial charge in [-0.25, -0.2) is 4.98 Å². The Labute approximate surface area is 285 Å². The Hall–Kier alpha value is -6.23. The van der Waals surface area contributed by atoms with Crippen molar-refractivity contribution in [3.63, 3.8) is 0 Å². The van der Waals surface area contributed by atoms with E-state index in [1.54, 1.807) is 0 Å². The predicted molar refractivity (Wildman–Crippen MR) is 209 cm³/mol. The average molecular weight is 642 g/mol. The number of imidazole rings is 1. The monoisotopic (exact) mass is 641 g/mol. The number of aromatic nitrogens is 3. The topological polar surface area (TPSA) is 22.8 Å². The maximum Gasteiger partial charge on any atom is 0.145 e. The summed E-state index contributed by atoms with van der Waals surface area (Å²) < 4.78 is 7.41. The summed E-state index contributed by atoms with van der Waals surface area (Å²) in [6.07, 6.45) is 0. The van der Waals surface area contributed by atoms with Gasteiger partial charge in [-0.05, 0) is 82.2 Å². The van der Waals surface area contributed by atoms with Gasteiger partial charge in [0.05, 0.1) is 26.8 Å². The van der Waals surface area contributed by atoms with Crippen molar-refractivity contribution in [2.75, 3.05) is 0 Å². The molecule has 11 aromatic rings. The molecule has 3 aromatic heterocycles. The molecule has 49 heavy (non-hydrogen) atoms. The fourth-order valence-corrected chi connectivity index (χ4v) is 9.28. The summed E-state index contributed by atoms with van der Waals surface area (Å²) in [4.78, 5) is 5.14. The van der Waals surface area contributed by atoms with E-state index in [-0.39, 0.29) is 0 Å². The molecule has 4 heteroatoms. The number of fused-ring (bicyclic) bond motifs is 13. The van der Waals surface area contributed by atoms with Gasteiger partial charge in [0.25, 0.3) is 0 Å². The molecule has 0 aliphatic carbocycles. The van der Waals surface area contributed by atoms with Crippen molar-refractivity contribution in [1.29, 1.82) is 0 Å². The number of benzene rings is 8. The second kappa shape index (κ2) is 10.1. The number of rotatable bonds is 3. The molecule has 3 heterocycles. The average Bonchev–Trinajstić information content (AvgIpc) is 3.86. The molecular formula is C45H27N3S. The van der Waals surface area contributed by atoms with E-state index in [2.05, 4.69) is 173 Å². The maximum absolute atomic E-state index is 5.14. The highest BCUT2D eigenvalue weighted by Gasteiger charge is 2.23. The molecular weight excluding hydrogens is 615 g/mol. The zero-order valence-electron chi connectivity index (χ0n) is 26.3. The first-order valence-corrected chi connectivity index (χ1v) is 17.5. The normalized spacial score (nSPS) is 12.1. The summed E-state index contributed by atoms with van der Waals surface area (Å²) in [5.41, 5.74) is 7.88. The zero-order chi connectivity index (χ0) is 32.1. The van der Waals surface area contributed by atoms with Gasteiger partial charge in [0.15, 0.2) is 0 Å². The van der Waals surface area contributed by atoms with Crippen LogP contribution in [0.2, 0.25) is 0 Å². The smallest absolute Gasteiger partial charge is 0.145 e. The van der Waals surface area contributed by atoms with Crippen LogP contribution in [0.1, 0.15) is 0 Å². The van der Waals surface area contributed by atoms with Crippen LogP contribution in [-0.2, 0) is 0 Å². The van der Waals surface area contributed by atoms with Crippen LogP contribution in [0.15, 0.2) is 164 Å². The Morgan fingerprint density at radius 3 is 1.92 bits per heavy atom. The number of hydrogen-bond donors (Lipinski definition) is 0. The van der Waals surface area contributed by atoms with Crippen LogP contribution in [0.25, 0.3) is 97.3 Å². The summed E-state index contributed by atoms with van der Waals surface area (Å²) >= 11 is 1.90.